The highest BCUT2D eigenvalue weighted by atomic mass is 15.3. The summed E-state index contributed by atoms with van der Waals surface area (Å²) in [7, 11) is 4.23. The molecule has 0 radical (unpaired) electrons. The lowest BCUT2D eigenvalue weighted by Gasteiger charge is -2.27. The molecule has 0 amide bonds. The molecule has 2 rings (SSSR count). The highest BCUT2D eigenvalue weighted by molar-refractivity contribution is 5.49. The number of fused-ring (bicyclic) bond motifs is 1. The number of nitrogens with one attached hydrogen (secondary N) is 1. The normalized spacial score (nSPS) is 19.8. The summed E-state index contributed by atoms with van der Waals surface area (Å²) in [4.78, 5) is 5.59. The molecule has 1 aromatic rings. The molecule has 3 nitrogen and oxygen atoms in total. The molecule has 0 aliphatic carbocycles. The van der Waals surface area contributed by atoms with Crippen molar-refractivity contribution < 1.29 is 4.57 Å². The van der Waals surface area contributed by atoms with E-state index in [1.165, 1.54) is 11.5 Å². The molecule has 0 aromatic carbocycles. The number of aromatic amines is 1. The lowest BCUT2D eigenvalue weighted by molar-refractivity contribution is -0.677. The van der Waals surface area contributed by atoms with Crippen LogP contribution < -0.4 is 9.47 Å². The van der Waals surface area contributed by atoms with Crippen molar-refractivity contribution in [3.8, 4) is 0 Å². The van der Waals surface area contributed by atoms with E-state index in [2.05, 4.69) is 42.4 Å². The Kier molecular flexibility index (Phi) is 1.29. The quantitative estimate of drug-likeness (QED) is 0.561. The van der Waals surface area contributed by atoms with Crippen molar-refractivity contribution >= 4 is 5.82 Å². The molecule has 3 heteroatoms. The average molecular weight is 166 g/mol. The molecule has 1 aromatic heterocycles. The van der Waals surface area contributed by atoms with Crippen LogP contribution in [0, 0.1) is 0 Å². The van der Waals surface area contributed by atoms with Crippen molar-refractivity contribution in [1.29, 1.82) is 0 Å². The fourth-order valence-corrected chi connectivity index (χ4v) is 1.82. The first-order valence-electron chi connectivity index (χ1n) is 4.32. The fourth-order valence-electron chi connectivity index (χ4n) is 1.82. The van der Waals surface area contributed by atoms with Gasteiger partial charge in [0, 0.05) is 19.0 Å². The van der Waals surface area contributed by atoms with Crippen LogP contribution in [-0.2, 0) is 13.5 Å². The smallest absolute Gasteiger partial charge is 0.243 e. The molecule has 0 bridgehead atoms. The van der Waals surface area contributed by atoms with Gasteiger partial charge in [-0.3, -0.25) is 0 Å². The summed E-state index contributed by atoms with van der Waals surface area (Å²) >= 11 is 0. The molecule has 12 heavy (non-hydrogen) atoms. The van der Waals surface area contributed by atoms with Crippen molar-refractivity contribution in [2.24, 2.45) is 7.05 Å². The number of anilines is 1. The second kappa shape index (κ2) is 2.03. The predicted molar refractivity (Wildman–Crippen MR) is 48.2 cm³/mol. The number of aryl methyl sites for hydroxylation is 1. The van der Waals surface area contributed by atoms with Gasteiger partial charge in [0.05, 0.1) is 7.05 Å². The van der Waals surface area contributed by atoms with Crippen molar-refractivity contribution in [2.45, 2.75) is 25.8 Å². The van der Waals surface area contributed by atoms with Gasteiger partial charge in [-0.15, -0.1) is 0 Å². The lowest BCUT2D eigenvalue weighted by atomic mass is 10.0. The molecule has 0 fully saturated rings. The van der Waals surface area contributed by atoms with E-state index in [-0.39, 0.29) is 5.54 Å². The van der Waals surface area contributed by atoms with Crippen LogP contribution in [0.4, 0.5) is 5.82 Å². The molecular weight excluding hydrogens is 150 g/mol. The van der Waals surface area contributed by atoms with Crippen LogP contribution in [0.25, 0.3) is 0 Å². The molecule has 0 atom stereocenters. The van der Waals surface area contributed by atoms with Crippen LogP contribution in [0.1, 0.15) is 19.5 Å². The van der Waals surface area contributed by atoms with E-state index in [9.17, 15) is 0 Å². The summed E-state index contributed by atoms with van der Waals surface area (Å²) in [5, 5.41) is 0. The number of imidazole rings is 1. The fraction of sp³-hybridized carbons (Fsp3) is 0.667. The van der Waals surface area contributed by atoms with Gasteiger partial charge in [-0.25, -0.2) is 9.55 Å². The molecule has 66 valence electrons. The van der Waals surface area contributed by atoms with E-state index in [1.807, 2.05) is 6.33 Å². The Hall–Kier alpha value is -0.990. The Bertz CT molecular complexity index is 312. The highest BCUT2D eigenvalue weighted by Gasteiger charge is 2.39. The van der Waals surface area contributed by atoms with Gasteiger partial charge >= 0.3 is 0 Å². The highest BCUT2D eigenvalue weighted by Crippen LogP contribution is 2.33. The van der Waals surface area contributed by atoms with Gasteiger partial charge < -0.3 is 4.90 Å². The third-order valence-corrected chi connectivity index (χ3v) is 2.94. The van der Waals surface area contributed by atoms with E-state index < -0.39 is 0 Å². The van der Waals surface area contributed by atoms with Crippen molar-refractivity contribution in [1.82, 2.24) is 4.98 Å². The van der Waals surface area contributed by atoms with Gasteiger partial charge in [0.25, 0.3) is 0 Å². The number of nitrogens with zero attached hydrogens (tertiary/aromatic N) is 2. The van der Waals surface area contributed by atoms with Gasteiger partial charge in [-0.2, -0.15) is 0 Å². The Labute approximate surface area is 73.0 Å². The van der Waals surface area contributed by atoms with Gasteiger partial charge in [-0.1, -0.05) is 0 Å². The first-order valence-corrected chi connectivity index (χ1v) is 4.32. The van der Waals surface area contributed by atoms with E-state index in [4.69, 9.17) is 0 Å². The molecule has 1 N–H and O–H groups in total. The summed E-state index contributed by atoms with van der Waals surface area (Å²) in [6.45, 7) is 4.53. The van der Waals surface area contributed by atoms with Gasteiger partial charge in [0.1, 0.15) is 0 Å². The van der Waals surface area contributed by atoms with Crippen molar-refractivity contribution in [3.63, 3.8) is 0 Å². The summed E-state index contributed by atoms with van der Waals surface area (Å²) in [6, 6.07) is 0. The van der Waals surface area contributed by atoms with Gasteiger partial charge in [0.2, 0.25) is 12.1 Å². The second-order valence-electron chi connectivity index (χ2n) is 4.23. The molecule has 0 unspecified atom stereocenters. The van der Waals surface area contributed by atoms with E-state index in [1.54, 1.807) is 0 Å². The minimum Gasteiger partial charge on any atom is -0.334 e. The Morgan fingerprint density at radius 3 is 2.83 bits per heavy atom. The standard InChI is InChI=1S/C9H15N3/c1-9(2)5-7-8(12(9)4)10-6-11(7)3/h6H,5H2,1-4H3/p+1. The molecule has 0 spiro atoms. The van der Waals surface area contributed by atoms with Crippen LogP contribution in [0.3, 0.4) is 0 Å². The SMILES string of the molecule is CN1c2[nH]c[n+](C)c2CC1(C)C. The lowest BCUT2D eigenvalue weighted by Crippen LogP contribution is -2.39. The van der Waals surface area contributed by atoms with Crippen LogP contribution in [0.2, 0.25) is 0 Å². The molecule has 2 heterocycles. The summed E-state index contributed by atoms with van der Waals surface area (Å²) < 4.78 is 2.17. The first kappa shape index (κ1) is 7.65. The summed E-state index contributed by atoms with van der Waals surface area (Å²) in [6.07, 6.45) is 3.13. The maximum atomic E-state index is 3.28. The zero-order valence-corrected chi connectivity index (χ0v) is 8.18. The van der Waals surface area contributed by atoms with Crippen LogP contribution >= 0.6 is 0 Å². The molecular formula is C9H16N3+. The molecule has 0 saturated heterocycles. The minimum atomic E-state index is 0.264. The van der Waals surface area contributed by atoms with Crippen LogP contribution in [-0.4, -0.2) is 17.6 Å². The second-order valence-corrected chi connectivity index (χ2v) is 4.23. The largest absolute Gasteiger partial charge is 0.334 e. The Morgan fingerprint density at radius 2 is 2.25 bits per heavy atom. The summed E-state index contributed by atoms with van der Waals surface area (Å²) in [5.74, 6) is 1.27. The zero-order chi connectivity index (χ0) is 8.93. The van der Waals surface area contributed by atoms with Gasteiger partial charge in [-0.05, 0) is 13.8 Å². The number of hydrogen-bond acceptors (Lipinski definition) is 1. The predicted octanol–water partition coefficient (Wildman–Crippen LogP) is 0.610. The topological polar surface area (TPSA) is 22.9 Å². The minimum absolute atomic E-state index is 0.264. The third-order valence-electron chi connectivity index (χ3n) is 2.94. The van der Waals surface area contributed by atoms with E-state index in [0.717, 1.165) is 6.42 Å². The Morgan fingerprint density at radius 1 is 1.58 bits per heavy atom. The summed E-state index contributed by atoms with van der Waals surface area (Å²) in [5.41, 5.74) is 1.67. The molecule has 1 aliphatic rings. The van der Waals surface area contributed by atoms with Crippen LogP contribution in [0.5, 0.6) is 0 Å². The number of hydrogen-bond donors (Lipinski definition) is 1. The number of rotatable bonds is 0. The number of H-pyrrole nitrogens is 1. The van der Waals surface area contributed by atoms with Crippen LogP contribution in [0.15, 0.2) is 6.33 Å². The molecule has 0 saturated carbocycles. The van der Waals surface area contributed by atoms with E-state index in [0.29, 0.717) is 0 Å². The monoisotopic (exact) mass is 166 g/mol. The van der Waals surface area contributed by atoms with Crippen molar-refractivity contribution in [3.05, 3.63) is 12.0 Å². The van der Waals surface area contributed by atoms with Gasteiger partial charge in [0.15, 0.2) is 5.69 Å². The maximum Gasteiger partial charge on any atom is 0.243 e. The Balaban J connectivity index is 2.50. The van der Waals surface area contributed by atoms with E-state index >= 15 is 0 Å². The average Bonchev–Trinajstić information content (AvgIpc) is 2.40. The number of aromatic nitrogens is 2. The molecule has 1 aliphatic heterocycles. The maximum absolute atomic E-state index is 3.28. The number of likely N-dealkylation sites (N-methyl/N-ethyl adjacent to an activating group) is 1. The van der Waals surface area contributed by atoms with Crippen molar-refractivity contribution in [2.75, 3.05) is 11.9 Å². The zero-order valence-electron chi connectivity index (χ0n) is 8.18. The first-order chi connectivity index (χ1) is 5.52. The third kappa shape index (κ3) is 0.792.